The molecule has 2 aliphatic carbocycles. The highest BCUT2D eigenvalue weighted by Gasteiger charge is 2.35. The van der Waals surface area contributed by atoms with E-state index in [2.05, 4.69) is 10.1 Å². The molecule has 0 aromatic carbocycles. The molecule has 3 aliphatic rings. The molecular formula is C16H24N4O2. The van der Waals surface area contributed by atoms with Crippen LogP contribution in [0.3, 0.4) is 0 Å². The molecule has 6 nitrogen and oxygen atoms in total. The fraction of sp³-hybridized carbons (Fsp3) is 0.812. The van der Waals surface area contributed by atoms with Crippen molar-refractivity contribution in [2.45, 2.75) is 62.8 Å². The van der Waals surface area contributed by atoms with E-state index >= 15 is 0 Å². The first-order chi connectivity index (χ1) is 10.7. The van der Waals surface area contributed by atoms with Crippen LogP contribution in [0.4, 0.5) is 0 Å². The molecule has 1 amide bonds. The minimum Gasteiger partial charge on any atom is -0.342 e. The molecule has 120 valence electrons. The maximum absolute atomic E-state index is 12.7. The smallest absolute Gasteiger partial charge is 0.229 e. The lowest BCUT2D eigenvalue weighted by Gasteiger charge is -2.33. The monoisotopic (exact) mass is 304 g/mol. The zero-order valence-corrected chi connectivity index (χ0v) is 12.9. The number of carbonyl (C=O) groups excluding carboxylic acids is 1. The molecule has 4 rings (SSSR count). The van der Waals surface area contributed by atoms with Crippen molar-refractivity contribution in [2.24, 2.45) is 11.7 Å². The predicted octanol–water partition coefficient (Wildman–Crippen LogP) is 1.78. The highest BCUT2D eigenvalue weighted by molar-refractivity contribution is 5.79. The number of rotatable bonds is 3. The summed E-state index contributed by atoms with van der Waals surface area (Å²) in [6.07, 6.45) is 7.14. The van der Waals surface area contributed by atoms with E-state index in [1.165, 1.54) is 12.8 Å². The second kappa shape index (κ2) is 5.65. The number of amides is 1. The Hall–Kier alpha value is -1.43. The van der Waals surface area contributed by atoms with Crippen molar-refractivity contribution in [3.8, 4) is 0 Å². The number of hydrogen-bond acceptors (Lipinski definition) is 5. The van der Waals surface area contributed by atoms with Gasteiger partial charge in [-0.3, -0.25) is 4.79 Å². The van der Waals surface area contributed by atoms with Crippen molar-refractivity contribution < 1.29 is 9.32 Å². The van der Waals surface area contributed by atoms with Crippen molar-refractivity contribution in [1.29, 1.82) is 0 Å². The standard InChI is InChI=1S/C16H24N4O2/c17-13-6-5-11(8-13)16(21)20-7-1-2-12(9-20)14-18-15(22-19-14)10-3-4-10/h10-13H,1-9,17H2. The van der Waals surface area contributed by atoms with Gasteiger partial charge in [0.05, 0.1) is 0 Å². The molecule has 2 heterocycles. The highest BCUT2D eigenvalue weighted by atomic mass is 16.5. The number of aromatic nitrogens is 2. The topological polar surface area (TPSA) is 85.3 Å². The van der Waals surface area contributed by atoms with Crippen molar-refractivity contribution in [1.82, 2.24) is 15.0 Å². The normalized spacial score (nSPS) is 32.4. The summed E-state index contributed by atoms with van der Waals surface area (Å²) in [5.74, 6) is 2.71. The van der Waals surface area contributed by atoms with Gasteiger partial charge in [0.25, 0.3) is 0 Å². The van der Waals surface area contributed by atoms with Gasteiger partial charge in [-0.05, 0) is 44.9 Å². The van der Waals surface area contributed by atoms with Crippen LogP contribution in [-0.2, 0) is 4.79 Å². The molecule has 0 spiro atoms. The van der Waals surface area contributed by atoms with E-state index in [4.69, 9.17) is 10.3 Å². The second-order valence-corrected chi connectivity index (χ2v) is 7.16. The Morgan fingerprint density at radius 2 is 2.05 bits per heavy atom. The molecule has 1 aliphatic heterocycles. The summed E-state index contributed by atoms with van der Waals surface area (Å²) >= 11 is 0. The predicted molar refractivity (Wildman–Crippen MR) is 80.1 cm³/mol. The third-order valence-corrected chi connectivity index (χ3v) is 5.30. The summed E-state index contributed by atoms with van der Waals surface area (Å²) in [6, 6.07) is 0.202. The molecule has 0 radical (unpaired) electrons. The highest BCUT2D eigenvalue weighted by Crippen LogP contribution is 2.39. The summed E-state index contributed by atoms with van der Waals surface area (Å²) in [5, 5.41) is 4.16. The van der Waals surface area contributed by atoms with E-state index < -0.39 is 0 Å². The molecule has 3 fully saturated rings. The third-order valence-electron chi connectivity index (χ3n) is 5.30. The van der Waals surface area contributed by atoms with Gasteiger partial charge in [-0.2, -0.15) is 4.98 Å². The molecule has 1 aromatic rings. The van der Waals surface area contributed by atoms with E-state index in [9.17, 15) is 4.79 Å². The maximum atomic E-state index is 12.7. The van der Waals surface area contributed by atoms with Crippen LogP contribution in [-0.4, -0.2) is 40.1 Å². The quantitative estimate of drug-likeness (QED) is 0.920. The van der Waals surface area contributed by atoms with Crippen LogP contribution in [0.5, 0.6) is 0 Å². The molecule has 1 aromatic heterocycles. The fourth-order valence-electron chi connectivity index (χ4n) is 3.80. The Labute approximate surface area is 130 Å². The van der Waals surface area contributed by atoms with E-state index in [0.717, 1.165) is 56.9 Å². The first-order valence-electron chi connectivity index (χ1n) is 8.58. The molecule has 3 atom stereocenters. The average Bonchev–Trinajstić information content (AvgIpc) is 3.10. The van der Waals surface area contributed by atoms with Crippen LogP contribution >= 0.6 is 0 Å². The minimum atomic E-state index is 0.126. The first kappa shape index (κ1) is 14.2. The van der Waals surface area contributed by atoms with Crippen LogP contribution in [0, 0.1) is 5.92 Å². The third kappa shape index (κ3) is 2.76. The van der Waals surface area contributed by atoms with Gasteiger partial charge in [-0.1, -0.05) is 5.16 Å². The number of nitrogens with zero attached hydrogens (tertiary/aromatic N) is 3. The number of piperidine rings is 1. The van der Waals surface area contributed by atoms with Gasteiger partial charge >= 0.3 is 0 Å². The van der Waals surface area contributed by atoms with Gasteiger partial charge < -0.3 is 15.2 Å². The number of likely N-dealkylation sites (tertiary alicyclic amines) is 1. The summed E-state index contributed by atoms with van der Waals surface area (Å²) in [7, 11) is 0. The van der Waals surface area contributed by atoms with Crippen molar-refractivity contribution in [3.63, 3.8) is 0 Å². The van der Waals surface area contributed by atoms with E-state index in [1.54, 1.807) is 0 Å². The largest absolute Gasteiger partial charge is 0.342 e. The number of nitrogens with two attached hydrogens (primary N) is 1. The van der Waals surface area contributed by atoms with Crippen LogP contribution in [0.1, 0.15) is 68.5 Å². The molecule has 22 heavy (non-hydrogen) atoms. The van der Waals surface area contributed by atoms with Gasteiger partial charge in [0.1, 0.15) is 0 Å². The molecule has 3 unspecified atom stereocenters. The van der Waals surface area contributed by atoms with Crippen molar-refractivity contribution in [2.75, 3.05) is 13.1 Å². The van der Waals surface area contributed by atoms with E-state index in [-0.39, 0.29) is 23.8 Å². The van der Waals surface area contributed by atoms with Crippen LogP contribution < -0.4 is 5.73 Å². The first-order valence-corrected chi connectivity index (χ1v) is 8.58. The average molecular weight is 304 g/mol. The molecule has 6 heteroatoms. The van der Waals surface area contributed by atoms with E-state index in [0.29, 0.717) is 5.92 Å². The Morgan fingerprint density at radius 3 is 2.77 bits per heavy atom. The number of carbonyl (C=O) groups is 1. The minimum absolute atomic E-state index is 0.126. The van der Waals surface area contributed by atoms with Gasteiger partial charge in [0.15, 0.2) is 5.82 Å². The lowest BCUT2D eigenvalue weighted by molar-refractivity contribution is -0.136. The summed E-state index contributed by atoms with van der Waals surface area (Å²) < 4.78 is 5.37. The summed E-state index contributed by atoms with van der Waals surface area (Å²) in [6.45, 7) is 1.59. The molecule has 2 saturated carbocycles. The Kier molecular flexibility index (Phi) is 3.64. The Morgan fingerprint density at radius 1 is 1.18 bits per heavy atom. The van der Waals surface area contributed by atoms with Gasteiger partial charge in [0.2, 0.25) is 11.8 Å². The maximum Gasteiger partial charge on any atom is 0.229 e. The Balaban J connectivity index is 1.41. The second-order valence-electron chi connectivity index (χ2n) is 7.16. The molecule has 1 saturated heterocycles. The Bertz CT molecular complexity index is 554. The summed E-state index contributed by atoms with van der Waals surface area (Å²) in [4.78, 5) is 19.2. The van der Waals surface area contributed by atoms with Crippen LogP contribution in [0.15, 0.2) is 4.52 Å². The van der Waals surface area contributed by atoms with Crippen molar-refractivity contribution in [3.05, 3.63) is 11.7 Å². The van der Waals surface area contributed by atoms with Crippen molar-refractivity contribution >= 4 is 5.91 Å². The summed E-state index contributed by atoms with van der Waals surface area (Å²) in [5.41, 5.74) is 5.94. The molecular weight excluding hydrogens is 280 g/mol. The van der Waals surface area contributed by atoms with Gasteiger partial charge in [0, 0.05) is 36.9 Å². The zero-order chi connectivity index (χ0) is 15.1. The number of hydrogen-bond donors (Lipinski definition) is 1. The van der Waals surface area contributed by atoms with Gasteiger partial charge in [-0.25, -0.2) is 0 Å². The fourth-order valence-corrected chi connectivity index (χ4v) is 3.80. The molecule has 0 bridgehead atoms. The zero-order valence-electron chi connectivity index (χ0n) is 12.9. The lowest BCUT2D eigenvalue weighted by Crippen LogP contribution is -2.42. The SMILES string of the molecule is NC1CCC(C(=O)N2CCCC(c3noc(C4CC4)n3)C2)C1. The lowest BCUT2D eigenvalue weighted by atomic mass is 9.95. The molecule has 2 N–H and O–H groups in total. The van der Waals surface area contributed by atoms with E-state index in [1.807, 2.05) is 4.90 Å². The van der Waals surface area contributed by atoms with Crippen LogP contribution in [0.25, 0.3) is 0 Å². The van der Waals surface area contributed by atoms with Crippen LogP contribution in [0.2, 0.25) is 0 Å². The van der Waals surface area contributed by atoms with Gasteiger partial charge in [-0.15, -0.1) is 0 Å².